The number of benzene rings is 1. The van der Waals surface area contributed by atoms with Gasteiger partial charge in [-0.1, -0.05) is 12.1 Å². The van der Waals surface area contributed by atoms with Crippen LogP contribution in [0.15, 0.2) is 18.2 Å². The Bertz CT molecular complexity index is 765. The van der Waals surface area contributed by atoms with Crippen LogP contribution in [-0.4, -0.2) is 40.2 Å². The van der Waals surface area contributed by atoms with Crippen molar-refractivity contribution < 1.29 is 4.79 Å². The third kappa shape index (κ3) is 5.32. The SMILES string of the molecule is Cc1ccc(C)c(NC(=O)[C@@H](C)SCc2nc(N)nc(N(C)C)n2)c1. The Morgan fingerprint density at radius 1 is 1.28 bits per heavy atom. The van der Waals surface area contributed by atoms with E-state index in [9.17, 15) is 4.79 Å². The summed E-state index contributed by atoms with van der Waals surface area (Å²) in [5.41, 5.74) is 8.71. The molecule has 0 unspecified atom stereocenters. The summed E-state index contributed by atoms with van der Waals surface area (Å²) >= 11 is 1.46. The van der Waals surface area contributed by atoms with Crippen LogP contribution >= 0.6 is 11.8 Å². The summed E-state index contributed by atoms with van der Waals surface area (Å²) in [4.78, 5) is 26.7. The fourth-order valence-corrected chi connectivity index (χ4v) is 2.81. The number of thioether (sulfide) groups is 1. The number of hydrogen-bond acceptors (Lipinski definition) is 7. The minimum Gasteiger partial charge on any atom is -0.368 e. The highest BCUT2D eigenvalue weighted by Crippen LogP contribution is 2.21. The van der Waals surface area contributed by atoms with E-state index in [1.54, 1.807) is 4.90 Å². The first-order valence-corrected chi connectivity index (χ1v) is 8.98. The summed E-state index contributed by atoms with van der Waals surface area (Å²) in [6, 6.07) is 6.00. The molecule has 0 aliphatic heterocycles. The number of anilines is 3. The summed E-state index contributed by atoms with van der Waals surface area (Å²) in [7, 11) is 3.68. The molecule has 1 atom stereocenters. The van der Waals surface area contributed by atoms with Crippen LogP contribution in [0.5, 0.6) is 0 Å². The molecule has 0 aliphatic carbocycles. The zero-order chi connectivity index (χ0) is 18.6. The van der Waals surface area contributed by atoms with Crippen molar-refractivity contribution in [1.82, 2.24) is 15.0 Å². The first kappa shape index (κ1) is 19.0. The van der Waals surface area contributed by atoms with E-state index >= 15 is 0 Å². The highest BCUT2D eigenvalue weighted by Gasteiger charge is 2.16. The molecule has 0 saturated carbocycles. The highest BCUT2D eigenvalue weighted by atomic mass is 32.2. The van der Waals surface area contributed by atoms with E-state index in [1.807, 2.05) is 53.1 Å². The lowest BCUT2D eigenvalue weighted by Gasteiger charge is -2.15. The molecule has 0 aliphatic rings. The van der Waals surface area contributed by atoms with Crippen LogP contribution in [0.3, 0.4) is 0 Å². The molecule has 1 amide bonds. The van der Waals surface area contributed by atoms with Crippen molar-refractivity contribution in [2.75, 3.05) is 30.0 Å². The maximum atomic E-state index is 12.4. The molecule has 134 valence electrons. The van der Waals surface area contributed by atoms with Gasteiger partial charge in [-0.25, -0.2) is 0 Å². The van der Waals surface area contributed by atoms with E-state index in [0.29, 0.717) is 17.5 Å². The smallest absolute Gasteiger partial charge is 0.237 e. The van der Waals surface area contributed by atoms with Crippen LogP contribution in [0.4, 0.5) is 17.6 Å². The largest absolute Gasteiger partial charge is 0.368 e. The summed E-state index contributed by atoms with van der Waals surface area (Å²) in [5, 5.41) is 2.73. The van der Waals surface area contributed by atoms with Gasteiger partial charge < -0.3 is 16.0 Å². The summed E-state index contributed by atoms with van der Waals surface area (Å²) in [6.45, 7) is 5.84. The Hall–Kier alpha value is -2.35. The number of carbonyl (C=O) groups is 1. The molecule has 0 fully saturated rings. The highest BCUT2D eigenvalue weighted by molar-refractivity contribution is 7.99. The van der Waals surface area contributed by atoms with Crippen molar-refractivity contribution in [3.05, 3.63) is 35.2 Å². The lowest BCUT2D eigenvalue weighted by molar-refractivity contribution is -0.115. The number of carbonyl (C=O) groups excluding carboxylic acids is 1. The van der Waals surface area contributed by atoms with Gasteiger partial charge >= 0.3 is 0 Å². The predicted octanol–water partition coefficient (Wildman–Crippen LogP) is 2.40. The number of aromatic nitrogens is 3. The molecule has 0 bridgehead atoms. The quantitative estimate of drug-likeness (QED) is 0.816. The number of aryl methyl sites for hydroxylation is 2. The van der Waals surface area contributed by atoms with Gasteiger partial charge in [-0.2, -0.15) is 15.0 Å². The third-order valence-corrected chi connectivity index (χ3v) is 4.71. The van der Waals surface area contributed by atoms with Crippen molar-refractivity contribution >= 4 is 35.3 Å². The zero-order valence-electron chi connectivity index (χ0n) is 15.2. The standard InChI is InChI=1S/C17H24N6OS/c1-10-6-7-11(2)13(8-10)19-15(24)12(3)25-9-14-20-16(18)22-17(21-14)23(4)5/h6-8,12H,9H2,1-5H3,(H,19,24)(H2,18,20,21,22)/t12-/m1/s1. The maximum absolute atomic E-state index is 12.4. The predicted molar refractivity (Wildman–Crippen MR) is 104 cm³/mol. The summed E-state index contributed by atoms with van der Waals surface area (Å²) in [5.74, 6) is 1.69. The molecule has 25 heavy (non-hydrogen) atoms. The van der Waals surface area contributed by atoms with Gasteiger partial charge in [0, 0.05) is 19.8 Å². The van der Waals surface area contributed by atoms with Crippen LogP contribution in [0, 0.1) is 13.8 Å². The maximum Gasteiger partial charge on any atom is 0.237 e. The molecule has 0 saturated heterocycles. The third-order valence-electron chi connectivity index (χ3n) is 3.57. The number of nitrogens with two attached hydrogens (primary N) is 1. The Morgan fingerprint density at radius 3 is 2.68 bits per heavy atom. The second kappa shape index (κ2) is 8.15. The number of hydrogen-bond donors (Lipinski definition) is 2. The van der Waals surface area contributed by atoms with Gasteiger partial charge in [-0.05, 0) is 38.0 Å². The van der Waals surface area contributed by atoms with Gasteiger partial charge in [0.15, 0.2) is 0 Å². The van der Waals surface area contributed by atoms with E-state index < -0.39 is 0 Å². The Labute approximate surface area is 152 Å². The molecular weight excluding hydrogens is 336 g/mol. The second-order valence-electron chi connectivity index (χ2n) is 6.07. The van der Waals surface area contributed by atoms with E-state index in [4.69, 9.17) is 5.73 Å². The Morgan fingerprint density at radius 2 is 2.00 bits per heavy atom. The molecule has 1 aromatic heterocycles. The minimum absolute atomic E-state index is 0.0476. The van der Waals surface area contributed by atoms with Gasteiger partial charge in [0.1, 0.15) is 5.82 Å². The minimum atomic E-state index is -0.249. The fourth-order valence-electron chi connectivity index (χ4n) is 2.07. The number of nitrogens with one attached hydrogen (secondary N) is 1. The van der Waals surface area contributed by atoms with Crippen LogP contribution < -0.4 is 16.0 Å². The van der Waals surface area contributed by atoms with Gasteiger partial charge in [0.2, 0.25) is 17.8 Å². The molecule has 2 rings (SSSR count). The molecule has 7 nitrogen and oxygen atoms in total. The van der Waals surface area contributed by atoms with Crippen molar-refractivity contribution in [3.8, 4) is 0 Å². The van der Waals surface area contributed by atoms with E-state index in [0.717, 1.165) is 16.8 Å². The van der Waals surface area contributed by atoms with Crippen molar-refractivity contribution in [2.24, 2.45) is 0 Å². The second-order valence-corrected chi connectivity index (χ2v) is 7.39. The fraction of sp³-hybridized carbons (Fsp3) is 0.412. The van der Waals surface area contributed by atoms with Crippen molar-refractivity contribution in [3.63, 3.8) is 0 Å². The van der Waals surface area contributed by atoms with E-state index in [-0.39, 0.29) is 17.1 Å². The first-order valence-electron chi connectivity index (χ1n) is 7.93. The first-order chi connectivity index (χ1) is 11.8. The molecule has 2 aromatic rings. The van der Waals surface area contributed by atoms with Crippen molar-refractivity contribution in [2.45, 2.75) is 31.8 Å². The van der Waals surface area contributed by atoms with Gasteiger partial charge in [-0.3, -0.25) is 4.79 Å². The topological polar surface area (TPSA) is 97.0 Å². The number of nitrogen functional groups attached to an aromatic ring is 1. The monoisotopic (exact) mass is 360 g/mol. The number of rotatable bonds is 6. The van der Waals surface area contributed by atoms with E-state index in [1.165, 1.54) is 11.8 Å². The summed E-state index contributed by atoms with van der Waals surface area (Å²) in [6.07, 6.45) is 0. The van der Waals surface area contributed by atoms with Gasteiger partial charge in [-0.15, -0.1) is 11.8 Å². The lowest BCUT2D eigenvalue weighted by atomic mass is 10.1. The van der Waals surface area contributed by atoms with Crippen LogP contribution in [-0.2, 0) is 10.5 Å². The number of amides is 1. The van der Waals surface area contributed by atoms with Crippen LogP contribution in [0.1, 0.15) is 23.9 Å². The zero-order valence-corrected chi connectivity index (χ0v) is 16.0. The average Bonchev–Trinajstić information content (AvgIpc) is 2.55. The lowest BCUT2D eigenvalue weighted by Crippen LogP contribution is -2.23. The van der Waals surface area contributed by atoms with Crippen LogP contribution in [0.25, 0.3) is 0 Å². The summed E-state index contributed by atoms with van der Waals surface area (Å²) < 4.78 is 0. The van der Waals surface area contributed by atoms with Gasteiger partial charge in [0.05, 0.1) is 11.0 Å². The van der Waals surface area contributed by atoms with Crippen molar-refractivity contribution in [1.29, 1.82) is 0 Å². The molecule has 3 N–H and O–H groups in total. The average molecular weight is 360 g/mol. The Kier molecular flexibility index (Phi) is 6.19. The van der Waals surface area contributed by atoms with E-state index in [2.05, 4.69) is 20.3 Å². The Balaban J connectivity index is 1.99. The number of nitrogens with zero attached hydrogens (tertiary/aromatic N) is 4. The molecule has 8 heteroatoms. The normalized spacial score (nSPS) is 11.9. The van der Waals surface area contributed by atoms with Crippen LogP contribution in [0.2, 0.25) is 0 Å². The molecular formula is C17H24N6OS. The molecule has 0 radical (unpaired) electrons. The molecule has 1 heterocycles. The van der Waals surface area contributed by atoms with Gasteiger partial charge in [0.25, 0.3) is 0 Å². The molecule has 1 aromatic carbocycles. The molecule has 0 spiro atoms.